The lowest BCUT2D eigenvalue weighted by molar-refractivity contribution is 0.0924. The van der Waals surface area contributed by atoms with Gasteiger partial charge in [0.05, 0.1) is 13.7 Å². The number of guanidine groups is 1. The number of likely N-dealkylation sites (N-methyl/N-ethyl adjacent to an activating group) is 1. The summed E-state index contributed by atoms with van der Waals surface area (Å²) in [5, 5.41) is 3.55. The molecule has 0 saturated carbocycles. The molecule has 0 radical (unpaired) electrons. The van der Waals surface area contributed by atoms with Gasteiger partial charge in [-0.05, 0) is 44.0 Å². The first-order chi connectivity index (χ1) is 14.5. The van der Waals surface area contributed by atoms with Crippen molar-refractivity contribution in [1.82, 2.24) is 20.0 Å². The van der Waals surface area contributed by atoms with Gasteiger partial charge < -0.3 is 19.9 Å². The number of hydrogen-bond donors (Lipinski definition) is 1. The van der Waals surface area contributed by atoms with E-state index in [4.69, 9.17) is 9.73 Å². The van der Waals surface area contributed by atoms with Crippen LogP contribution in [0.15, 0.2) is 29.3 Å². The minimum atomic E-state index is 0. The topological polar surface area (TPSA) is 43.3 Å². The van der Waals surface area contributed by atoms with Gasteiger partial charge in [-0.25, -0.2) is 0 Å². The predicted molar refractivity (Wildman–Crippen MR) is 141 cm³/mol. The number of hydrogen-bond acceptors (Lipinski definition) is 4. The number of aliphatic imine (C=N–C) groups is 1. The number of nitrogens with one attached hydrogen (secondary N) is 1. The summed E-state index contributed by atoms with van der Waals surface area (Å²) in [4.78, 5) is 12.6. The summed E-state index contributed by atoms with van der Waals surface area (Å²) in [6.45, 7) is 15.3. The zero-order valence-electron chi connectivity index (χ0n) is 20.0. The summed E-state index contributed by atoms with van der Waals surface area (Å²) in [6, 6.07) is 9.06. The van der Waals surface area contributed by atoms with Crippen LogP contribution in [0.2, 0.25) is 0 Å². The monoisotopic (exact) mass is 543 g/mol. The molecule has 2 heterocycles. The van der Waals surface area contributed by atoms with Gasteiger partial charge >= 0.3 is 0 Å². The molecule has 0 aromatic heterocycles. The fraction of sp³-hybridized carbons (Fsp3) is 0.708. The van der Waals surface area contributed by atoms with Crippen molar-refractivity contribution >= 4 is 29.9 Å². The summed E-state index contributed by atoms with van der Waals surface area (Å²) in [6.07, 6.45) is 1.17. The average molecular weight is 544 g/mol. The van der Waals surface area contributed by atoms with Crippen LogP contribution >= 0.6 is 24.0 Å². The highest BCUT2D eigenvalue weighted by Crippen LogP contribution is 2.28. The van der Waals surface area contributed by atoms with Crippen molar-refractivity contribution in [2.24, 2.45) is 10.9 Å². The molecule has 1 aromatic carbocycles. The first-order valence-corrected chi connectivity index (χ1v) is 11.6. The van der Waals surface area contributed by atoms with E-state index in [9.17, 15) is 0 Å². The van der Waals surface area contributed by atoms with Crippen LogP contribution < -0.4 is 10.1 Å². The fourth-order valence-corrected chi connectivity index (χ4v) is 4.61. The molecule has 0 aliphatic carbocycles. The first kappa shape index (κ1) is 26.2. The van der Waals surface area contributed by atoms with Crippen LogP contribution in [0.4, 0.5) is 0 Å². The first-order valence-electron chi connectivity index (χ1n) is 11.6. The quantitative estimate of drug-likeness (QED) is 0.325. The van der Waals surface area contributed by atoms with E-state index in [2.05, 4.69) is 72.1 Å². The molecule has 6 nitrogen and oxygen atoms in total. The fourth-order valence-electron chi connectivity index (χ4n) is 4.61. The number of methoxy groups -OCH3 is 1. The predicted octanol–water partition coefficient (Wildman–Crippen LogP) is 3.34. The Morgan fingerprint density at radius 1 is 1.13 bits per heavy atom. The number of likely N-dealkylation sites (tertiary alicyclic amines) is 1. The molecule has 1 aromatic rings. The van der Waals surface area contributed by atoms with E-state index in [0.29, 0.717) is 17.9 Å². The summed E-state index contributed by atoms with van der Waals surface area (Å²) in [5.74, 6) is 3.16. The van der Waals surface area contributed by atoms with Gasteiger partial charge in [-0.2, -0.15) is 0 Å². The van der Waals surface area contributed by atoms with E-state index in [0.717, 1.165) is 64.1 Å². The molecule has 31 heavy (non-hydrogen) atoms. The minimum Gasteiger partial charge on any atom is -0.497 e. The Kier molecular flexibility index (Phi) is 10.9. The van der Waals surface area contributed by atoms with Gasteiger partial charge in [-0.3, -0.25) is 9.89 Å². The summed E-state index contributed by atoms with van der Waals surface area (Å²) in [7, 11) is 3.94. The van der Waals surface area contributed by atoms with Crippen LogP contribution in [0.3, 0.4) is 0 Å². The van der Waals surface area contributed by atoms with E-state index in [1.165, 1.54) is 12.0 Å². The van der Waals surface area contributed by atoms with Crippen LogP contribution in [-0.2, 0) is 0 Å². The molecule has 176 valence electrons. The second-order valence-electron chi connectivity index (χ2n) is 9.05. The summed E-state index contributed by atoms with van der Waals surface area (Å²) < 4.78 is 5.31. The van der Waals surface area contributed by atoms with Gasteiger partial charge in [0, 0.05) is 57.8 Å². The van der Waals surface area contributed by atoms with Gasteiger partial charge in [0.25, 0.3) is 0 Å². The Morgan fingerprint density at radius 2 is 1.81 bits per heavy atom. The van der Waals surface area contributed by atoms with Crippen molar-refractivity contribution in [2.45, 2.75) is 39.2 Å². The third-order valence-electron chi connectivity index (χ3n) is 6.61. The van der Waals surface area contributed by atoms with Crippen molar-refractivity contribution in [3.8, 4) is 5.75 Å². The van der Waals surface area contributed by atoms with Crippen LogP contribution in [-0.4, -0.2) is 93.2 Å². The second kappa shape index (κ2) is 12.8. The summed E-state index contributed by atoms with van der Waals surface area (Å²) in [5.41, 5.74) is 1.40. The number of nitrogens with zero attached hydrogens (tertiary/aromatic N) is 4. The molecule has 0 bridgehead atoms. The molecular weight excluding hydrogens is 501 g/mol. The highest BCUT2D eigenvalue weighted by molar-refractivity contribution is 14.0. The molecule has 2 unspecified atom stereocenters. The third-order valence-corrected chi connectivity index (χ3v) is 6.61. The van der Waals surface area contributed by atoms with Crippen molar-refractivity contribution in [1.29, 1.82) is 0 Å². The van der Waals surface area contributed by atoms with Crippen LogP contribution in [0.5, 0.6) is 5.75 Å². The lowest BCUT2D eigenvalue weighted by Crippen LogP contribution is -2.52. The number of rotatable bonds is 7. The van der Waals surface area contributed by atoms with Crippen molar-refractivity contribution in [3.05, 3.63) is 29.8 Å². The normalized spacial score (nSPS) is 21.8. The maximum Gasteiger partial charge on any atom is 0.193 e. The lowest BCUT2D eigenvalue weighted by Gasteiger charge is -2.39. The van der Waals surface area contributed by atoms with E-state index >= 15 is 0 Å². The standard InChI is InChI=1S/C24H41N5O.HI/c1-6-25-24(26-17-23(19(2)3)28-15-13-27(4)14-16-28)29-12-11-21(18-29)20-7-9-22(30-5)10-8-20;/h7-10,19,21,23H,6,11-18H2,1-5H3,(H,25,26);1H. The van der Waals surface area contributed by atoms with E-state index in [1.807, 2.05) is 0 Å². The number of halogens is 1. The van der Waals surface area contributed by atoms with Gasteiger partial charge in [0.2, 0.25) is 0 Å². The maximum absolute atomic E-state index is 5.31. The Balaban J connectivity index is 0.00000341. The van der Waals surface area contributed by atoms with Crippen LogP contribution in [0.1, 0.15) is 38.7 Å². The zero-order chi connectivity index (χ0) is 21.5. The molecule has 1 N–H and O–H groups in total. The van der Waals surface area contributed by atoms with E-state index in [-0.39, 0.29) is 24.0 Å². The number of piperazine rings is 1. The Hall–Kier alpha value is -1.06. The highest BCUT2D eigenvalue weighted by atomic mass is 127. The largest absolute Gasteiger partial charge is 0.497 e. The van der Waals surface area contributed by atoms with Crippen LogP contribution in [0, 0.1) is 5.92 Å². The molecular formula is C24H42IN5O. The SMILES string of the molecule is CCNC(=NCC(C(C)C)N1CCN(C)CC1)N1CCC(c2ccc(OC)cc2)C1.I. The Morgan fingerprint density at radius 3 is 2.39 bits per heavy atom. The molecule has 2 fully saturated rings. The molecule has 2 aliphatic rings. The van der Waals surface area contributed by atoms with Gasteiger partial charge in [0.15, 0.2) is 5.96 Å². The van der Waals surface area contributed by atoms with Crippen LogP contribution in [0.25, 0.3) is 0 Å². The second-order valence-corrected chi connectivity index (χ2v) is 9.05. The van der Waals surface area contributed by atoms with Gasteiger partial charge in [0.1, 0.15) is 5.75 Å². The van der Waals surface area contributed by atoms with Crippen molar-refractivity contribution in [2.75, 3.05) is 66.5 Å². The van der Waals surface area contributed by atoms with Crippen molar-refractivity contribution < 1.29 is 4.74 Å². The smallest absolute Gasteiger partial charge is 0.193 e. The number of ether oxygens (including phenoxy) is 1. The van der Waals surface area contributed by atoms with E-state index < -0.39 is 0 Å². The Bertz CT molecular complexity index is 673. The number of benzene rings is 1. The lowest BCUT2D eigenvalue weighted by atomic mass is 9.98. The third kappa shape index (κ3) is 7.22. The minimum absolute atomic E-state index is 0. The molecule has 2 atom stereocenters. The zero-order valence-corrected chi connectivity index (χ0v) is 22.3. The van der Waals surface area contributed by atoms with Gasteiger partial charge in [-0.1, -0.05) is 26.0 Å². The molecule has 2 aliphatic heterocycles. The molecule has 2 saturated heterocycles. The van der Waals surface area contributed by atoms with E-state index in [1.54, 1.807) is 7.11 Å². The van der Waals surface area contributed by atoms with Crippen molar-refractivity contribution in [3.63, 3.8) is 0 Å². The summed E-state index contributed by atoms with van der Waals surface area (Å²) >= 11 is 0. The molecule has 7 heteroatoms. The Labute approximate surface area is 206 Å². The maximum atomic E-state index is 5.31. The average Bonchev–Trinajstić information content (AvgIpc) is 3.24. The highest BCUT2D eigenvalue weighted by Gasteiger charge is 2.28. The molecule has 0 spiro atoms. The molecule has 3 rings (SSSR count). The van der Waals surface area contributed by atoms with Gasteiger partial charge in [-0.15, -0.1) is 24.0 Å². The molecule has 0 amide bonds.